The first kappa shape index (κ1) is 18.4. The minimum Gasteiger partial charge on any atom is -0.497 e. The van der Waals surface area contributed by atoms with Gasteiger partial charge in [0.15, 0.2) is 0 Å². The number of pyridine rings is 1. The van der Waals surface area contributed by atoms with Gasteiger partial charge in [-0.25, -0.2) is 0 Å². The number of carbonyl (C=O) groups is 1. The molecule has 2 aromatic heterocycles. The summed E-state index contributed by atoms with van der Waals surface area (Å²) in [6.45, 7) is 1.38. The van der Waals surface area contributed by atoms with Crippen molar-refractivity contribution in [3.8, 4) is 5.75 Å². The molecule has 1 aromatic carbocycles. The van der Waals surface area contributed by atoms with E-state index in [-0.39, 0.29) is 17.7 Å². The van der Waals surface area contributed by atoms with Gasteiger partial charge in [0.1, 0.15) is 11.4 Å². The first-order valence-corrected chi connectivity index (χ1v) is 9.78. The van der Waals surface area contributed by atoms with Crippen molar-refractivity contribution in [2.24, 2.45) is 5.92 Å². The number of amides is 1. The SMILES string of the molecule is COc1ccc2[nH]c(C(=O)N3CC4CC(C3)c3ccc([N+](=O)[O-])c(=O)n3C4)cc2c1. The zero-order valence-electron chi connectivity index (χ0n) is 16.3. The number of likely N-dealkylation sites (tertiary alicyclic amines) is 1. The molecule has 2 bridgehead atoms. The zero-order valence-corrected chi connectivity index (χ0v) is 16.3. The van der Waals surface area contributed by atoms with Gasteiger partial charge in [-0.3, -0.25) is 19.7 Å². The van der Waals surface area contributed by atoms with Crippen LogP contribution in [0.3, 0.4) is 0 Å². The maximum absolute atomic E-state index is 13.2. The minimum absolute atomic E-state index is 0.0144. The van der Waals surface area contributed by atoms with Gasteiger partial charge in [-0.1, -0.05) is 0 Å². The summed E-state index contributed by atoms with van der Waals surface area (Å²) in [5, 5.41) is 12.0. The summed E-state index contributed by atoms with van der Waals surface area (Å²) < 4.78 is 6.77. The lowest BCUT2D eigenvalue weighted by Gasteiger charge is -2.42. The number of aromatic amines is 1. The lowest BCUT2D eigenvalue weighted by Crippen LogP contribution is -2.49. The quantitative estimate of drug-likeness (QED) is 0.529. The number of carbonyl (C=O) groups excluding carboxylic acids is 1. The molecule has 2 aliphatic rings. The van der Waals surface area contributed by atoms with Crippen molar-refractivity contribution in [3.63, 3.8) is 0 Å². The van der Waals surface area contributed by atoms with Crippen molar-refractivity contribution in [1.29, 1.82) is 0 Å². The van der Waals surface area contributed by atoms with Gasteiger partial charge in [-0.15, -0.1) is 0 Å². The third kappa shape index (κ3) is 2.85. The number of nitro groups is 1. The Labute approximate surface area is 171 Å². The van der Waals surface area contributed by atoms with Gasteiger partial charge < -0.3 is 19.2 Å². The van der Waals surface area contributed by atoms with Crippen molar-refractivity contribution >= 4 is 22.5 Å². The number of nitrogens with one attached hydrogen (secondary N) is 1. The van der Waals surface area contributed by atoms with Gasteiger partial charge in [-0.2, -0.15) is 0 Å². The van der Waals surface area contributed by atoms with E-state index in [9.17, 15) is 19.7 Å². The van der Waals surface area contributed by atoms with E-state index in [1.165, 1.54) is 10.6 Å². The van der Waals surface area contributed by atoms with Crippen LogP contribution in [0.1, 0.15) is 28.5 Å². The van der Waals surface area contributed by atoms with Gasteiger partial charge in [-0.05, 0) is 42.7 Å². The van der Waals surface area contributed by atoms with Crippen LogP contribution in [0.15, 0.2) is 41.2 Å². The maximum atomic E-state index is 13.2. The summed E-state index contributed by atoms with van der Waals surface area (Å²) in [6, 6.07) is 10.4. The average Bonchev–Trinajstić information content (AvgIpc) is 3.16. The Bertz CT molecular complexity index is 1240. The summed E-state index contributed by atoms with van der Waals surface area (Å²) in [7, 11) is 1.60. The summed E-state index contributed by atoms with van der Waals surface area (Å²) >= 11 is 0. The molecule has 154 valence electrons. The number of hydrogen-bond acceptors (Lipinski definition) is 5. The van der Waals surface area contributed by atoms with Gasteiger partial charge >= 0.3 is 11.2 Å². The van der Waals surface area contributed by atoms with E-state index >= 15 is 0 Å². The molecule has 2 aliphatic heterocycles. The smallest absolute Gasteiger partial charge is 0.334 e. The molecule has 5 rings (SSSR count). The van der Waals surface area contributed by atoms with Crippen molar-refractivity contribution in [1.82, 2.24) is 14.5 Å². The number of ether oxygens (including phenoxy) is 1. The Morgan fingerprint density at radius 3 is 2.80 bits per heavy atom. The molecule has 2 unspecified atom stereocenters. The Morgan fingerprint density at radius 1 is 1.20 bits per heavy atom. The van der Waals surface area contributed by atoms with Gasteiger partial charge in [0.2, 0.25) is 0 Å². The van der Waals surface area contributed by atoms with Crippen molar-refractivity contribution in [2.75, 3.05) is 20.2 Å². The molecule has 3 aromatic rings. The van der Waals surface area contributed by atoms with Crippen molar-refractivity contribution in [2.45, 2.75) is 18.9 Å². The fourth-order valence-electron chi connectivity index (χ4n) is 4.76. The number of nitrogens with zero attached hydrogens (tertiary/aromatic N) is 3. The van der Waals surface area contributed by atoms with E-state index in [1.54, 1.807) is 13.2 Å². The van der Waals surface area contributed by atoms with Crippen molar-refractivity contribution < 1.29 is 14.5 Å². The molecule has 0 radical (unpaired) electrons. The normalized spacial score (nSPS) is 20.1. The van der Waals surface area contributed by atoms with E-state index < -0.39 is 16.2 Å². The first-order chi connectivity index (χ1) is 14.4. The van der Waals surface area contributed by atoms with Crippen LogP contribution < -0.4 is 10.3 Å². The zero-order chi connectivity index (χ0) is 21.0. The van der Waals surface area contributed by atoms with Gasteiger partial charge in [0, 0.05) is 48.2 Å². The highest BCUT2D eigenvalue weighted by atomic mass is 16.6. The van der Waals surface area contributed by atoms with Crippen LogP contribution in [0.25, 0.3) is 10.9 Å². The Balaban J connectivity index is 1.44. The lowest BCUT2D eigenvalue weighted by molar-refractivity contribution is -0.386. The molecule has 0 aliphatic carbocycles. The van der Waals surface area contributed by atoms with Crippen LogP contribution in [-0.2, 0) is 6.54 Å². The third-order valence-electron chi connectivity index (χ3n) is 6.13. The van der Waals surface area contributed by atoms with Gasteiger partial charge in [0.05, 0.1) is 12.0 Å². The number of methoxy groups -OCH3 is 1. The molecule has 4 heterocycles. The summed E-state index contributed by atoms with van der Waals surface area (Å²) in [4.78, 5) is 41.1. The second kappa shape index (κ2) is 6.72. The number of hydrogen-bond donors (Lipinski definition) is 1. The predicted molar refractivity (Wildman–Crippen MR) is 109 cm³/mol. The molecule has 9 nitrogen and oxygen atoms in total. The predicted octanol–water partition coefficient (Wildman–Crippen LogP) is 2.51. The Hall–Kier alpha value is -3.62. The highest BCUT2D eigenvalue weighted by Crippen LogP contribution is 2.36. The minimum atomic E-state index is -0.638. The van der Waals surface area contributed by atoms with E-state index in [2.05, 4.69) is 4.98 Å². The van der Waals surface area contributed by atoms with Gasteiger partial charge in [0.25, 0.3) is 5.91 Å². The van der Waals surface area contributed by atoms with E-state index in [0.717, 1.165) is 28.8 Å². The fourth-order valence-corrected chi connectivity index (χ4v) is 4.76. The fraction of sp³-hybridized carbons (Fsp3) is 0.333. The molecule has 1 fully saturated rings. The molecule has 0 saturated carbocycles. The molecular formula is C21H20N4O5. The summed E-state index contributed by atoms with van der Waals surface area (Å²) in [5.74, 6) is 0.713. The van der Waals surface area contributed by atoms with Crippen LogP contribution in [-0.4, -0.2) is 45.5 Å². The van der Waals surface area contributed by atoms with E-state index in [1.807, 2.05) is 29.2 Å². The van der Waals surface area contributed by atoms with Crippen LogP contribution in [0.2, 0.25) is 0 Å². The molecule has 2 atom stereocenters. The largest absolute Gasteiger partial charge is 0.497 e. The highest BCUT2D eigenvalue weighted by Gasteiger charge is 2.38. The second-order valence-corrected chi connectivity index (χ2v) is 7.96. The third-order valence-corrected chi connectivity index (χ3v) is 6.13. The lowest BCUT2D eigenvalue weighted by atomic mass is 9.83. The van der Waals surface area contributed by atoms with Crippen LogP contribution in [0.4, 0.5) is 5.69 Å². The average molecular weight is 408 g/mol. The Morgan fingerprint density at radius 2 is 2.03 bits per heavy atom. The van der Waals surface area contributed by atoms with Crippen LogP contribution in [0, 0.1) is 16.0 Å². The number of H-pyrrole nitrogens is 1. The molecule has 1 amide bonds. The molecule has 0 spiro atoms. The standard InChI is InChI=1S/C21H20N4O5/c1-30-15-2-3-16-13(7-15)8-17(22-16)20(26)23-9-12-6-14(11-23)18-4-5-19(25(28)29)21(27)24(18)10-12/h2-5,7-8,12,14,22H,6,9-11H2,1H3. The summed E-state index contributed by atoms with van der Waals surface area (Å²) in [5.41, 5.74) is 1.18. The Kier molecular flexibility index (Phi) is 4.12. The molecule has 9 heteroatoms. The number of piperidine rings is 1. The molecular weight excluding hydrogens is 388 g/mol. The number of fused-ring (bicyclic) bond motifs is 5. The number of benzene rings is 1. The topological polar surface area (TPSA) is 110 Å². The summed E-state index contributed by atoms with van der Waals surface area (Å²) in [6.07, 6.45) is 0.866. The van der Waals surface area contributed by atoms with Crippen LogP contribution in [0.5, 0.6) is 5.75 Å². The molecule has 1 saturated heterocycles. The monoisotopic (exact) mass is 408 g/mol. The number of rotatable bonds is 3. The number of aromatic nitrogens is 2. The first-order valence-electron chi connectivity index (χ1n) is 9.78. The molecule has 1 N–H and O–H groups in total. The highest BCUT2D eigenvalue weighted by molar-refractivity contribution is 5.98. The maximum Gasteiger partial charge on any atom is 0.334 e. The molecule has 30 heavy (non-hydrogen) atoms. The second-order valence-electron chi connectivity index (χ2n) is 7.96. The van der Waals surface area contributed by atoms with Crippen molar-refractivity contribution in [3.05, 3.63) is 68.3 Å². The van der Waals surface area contributed by atoms with Crippen LogP contribution >= 0.6 is 0 Å². The van der Waals surface area contributed by atoms with E-state index in [4.69, 9.17) is 4.74 Å². The van der Waals surface area contributed by atoms with E-state index in [0.29, 0.717) is 25.3 Å².